The van der Waals surface area contributed by atoms with E-state index in [0.717, 1.165) is 0 Å². The zero-order valence-electron chi connectivity index (χ0n) is 7.78. The fourth-order valence-electron chi connectivity index (χ4n) is 0.598. The van der Waals surface area contributed by atoms with E-state index >= 15 is 0 Å². The molecular formula is C9H12N2O2. The summed E-state index contributed by atoms with van der Waals surface area (Å²) < 4.78 is 4.67. The molecule has 0 fully saturated rings. The molecule has 70 valence electrons. The van der Waals surface area contributed by atoms with Crippen LogP contribution in [0.25, 0.3) is 0 Å². The molecule has 0 spiro atoms. The molecule has 0 bridgehead atoms. The van der Waals surface area contributed by atoms with Gasteiger partial charge in [0.15, 0.2) is 5.57 Å². The summed E-state index contributed by atoms with van der Waals surface area (Å²) in [6.07, 6.45) is 2.86. The van der Waals surface area contributed by atoms with E-state index < -0.39 is 5.97 Å². The molecule has 0 rings (SSSR count). The Morgan fingerprint density at radius 1 is 1.69 bits per heavy atom. The Bertz CT molecular complexity index is 261. The third kappa shape index (κ3) is 4.64. The molecular weight excluding hydrogens is 168 g/mol. The number of esters is 1. The van der Waals surface area contributed by atoms with E-state index in [4.69, 9.17) is 5.26 Å². The molecule has 0 atom stereocenters. The molecule has 0 aliphatic heterocycles. The van der Waals surface area contributed by atoms with Gasteiger partial charge < -0.3 is 9.64 Å². The van der Waals surface area contributed by atoms with Crippen molar-refractivity contribution in [2.45, 2.75) is 0 Å². The smallest absolute Gasteiger partial charge is 0.350 e. The van der Waals surface area contributed by atoms with Gasteiger partial charge in [-0.25, -0.2) is 4.79 Å². The Labute approximate surface area is 77.7 Å². The van der Waals surface area contributed by atoms with Crippen molar-refractivity contribution in [1.82, 2.24) is 4.90 Å². The number of carbonyl (C=O) groups is 1. The van der Waals surface area contributed by atoms with Gasteiger partial charge in [0.2, 0.25) is 0 Å². The second-order valence-electron chi connectivity index (χ2n) is 2.51. The maximum Gasteiger partial charge on any atom is 0.350 e. The minimum absolute atomic E-state index is 0.0214. The summed E-state index contributed by atoms with van der Waals surface area (Å²) >= 11 is 0. The summed E-state index contributed by atoms with van der Waals surface area (Å²) in [5, 5.41) is 8.57. The van der Waals surface area contributed by atoms with Crippen molar-refractivity contribution in [1.29, 1.82) is 5.26 Å². The SMILES string of the molecule is C=CCOC(=O)C(C#N)=CN(C)C. The molecule has 0 aromatic heterocycles. The highest BCUT2D eigenvalue weighted by atomic mass is 16.5. The predicted molar refractivity (Wildman–Crippen MR) is 48.5 cm³/mol. The summed E-state index contributed by atoms with van der Waals surface area (Å²) in [4.78, 5) is 12.7. The Morgan fingerprint density at radius 3 is 2.69 bits per heavy atom. The molecule has 0 saturated carbocycles. The van der Waals surface area contributed by atoms with Gasteiger partial charge in [-0.3, -0.25) is 0 Å². The maximum absolute atomic E-state index is 11.1. The van der Waals surface area contributed by atoms with Gasteiger partial charge in [0, 0.05) is 20.3 Å². The number of nitriles is 1. The third-order valence-electron chi connectivity index (χ3n) is 1.06. The van der Waals surface area contributed by atoms with Crippen LogP contribution in [0.2, 0.25) is 0 Å². The van der Waals surface area contributed by atoms with Crippen LogP contribution in [0.1, 0.15) is 0 Å². The van der Waals surface area contributed by atoms with Gasteiger partial charge in [-0.2, -0.15) is 5.26 Å². The summed E-state index contributed by atoms with van der Waals surface area (Å²) in [6.45, 7) is 3.51. The van der Waals surface area contributed by atoms with Crippen molar-refractivity contribution in [3.63, 3.8) is 0 Å². The molecule has 0 unspecified atom stereocenters. The van der Waals surface area contributed by atoms with Crippen molar-refractivity contribution < 1.29 is 9.53 Å². The quantitative estimate of drug-likeness (QED) is 0.276. The molecule has 0 N–H and O–H groups in total. The van der Waals surface area contributed by atoms with Crippen molar-refractivity contribution in [3.8, 4) is 6.07 Å². The first-order valence-corrected chi connectivity index (χ1v) is 3.68. The number of rotatable bonds is 4. The molecule has 0 saturated heterocycles. The van der Waals surface area contributed by atoms with Gasteiger partial charge in [-0.1, -0.05) is 12.7 Å². The zero-order chi connectivity index (χ0) is 10.3. The highest BCUT2D eigenvalue weighted by Gasteiger charge is 2.09. The van der Waals surface area contributed by atoms with E-state index in [1.54, 1.807) is 25.1 Å². The van der Waals surface area contributed by atoms with Gasteiger partial charge in [0.1, 0.15) is 12.7 Å². The van der Waals surface area contributed by atoms with Crippen LogP contribution in [0.5, 0.6) is 0 Å². The maximum atomic E-state index is 11.1. The zero-order valence-corrected chi connectivity index (χ0v) is 7.78. The van der Waals surface area contributed by atoms with Crippen LogP contribution in [0.4, 0.5) is 0 Å². The van der Waals surface area contributed by atoms with Gasteiger partial charge in [-0.05, 0) is 0 Å². The molecule has 0 aliphatic rings. The summed E-state index contributed by atoms with van der Waals surface area (Å²) in [6, 6.07) is 1.75. The highest BCUT2D eigenvalue weighted by Crippen LogP contribution is 1.97. The third-order valence-corrected chi connectivity index (χ3v) is 1.06. The minimum Gasteiger partial charge on any atom is -0.457 e. The molecule has 0 heterocycles. The lowest BCUT2D eigenvalue weighted by atomic mass is 10.3. The van der Waals surface area contributed by atoms with Crippen LogP contribution >= 0.6 is 0 Å². The first kappa shape index (κ1) is 11.2. The molecule has 13 heavy (non-hydrogen) atoms. The fourth-order valence-corrected chi connectivity index (χ4v) is 0.598. The van der Waals surface area contributed by atoms with Crippen LogP contribution in [0.15, 0.2) is 24.4 Å². The topological polar surface area (TPSA) is 53.3 Å². The molecule has 0 amide bonds. The molecule has 4 nitrogen and oxygen atoms in total. The van der Waals surface area contributed by atoms with Crippen molar-refractivity contribution in [3.05, 3.63) is 24.4 Å². The monoisotopic (exact) mass is 180 g/mol. The first-order valence-electron chi connectivity index (χ1n) is 3.68. The minimum atomic E-state index is -0.629. The molecule has 0 radical (unpaired) electrons. The van der Waals surface area contributed by atoms with Crippen molar-refractivity contribution in [2.24, 2.45) is 0 Å². The Balaban J connectivity index is 4.34. The van der Waals surface area contributed by atoms with Crippen LogP contribution < -0.4 is 0 Å². The summed E-state index contributed by atoms with van der Waals surface area (Å²) in [5.41, 5.74) is -0.0214. The van der Waals surface area contributed by atoms with Crippen molar-refractivity contribution in [2.75, 3.05) is 20.7 Å². The fraction of sp³-hybridized carbons (Fsp3) is 0.333. The van der Waals surface area contributed by atoms with Crippen LogP contribution in [0, 0.1) is 11.3 Å². The Kier molecular flexibility index (Phi) is 5.05. The van der Waals surface area contributed by atoms with E-state index in [9.17, 15) is 4.79 Å². The molecule has 0 aromatic rings. The summed E-state index contributed by atoms with van der Waals surface area (Å²) in [7, 11) is 3.44. The van der Waals surface area contributed by atoms with E-state index in [1.165, 1.54) is 12.3 Å². The second-order valence-corrected chi connectivity index (χ2v) is 2.51. The van der Waals surface area contributed by atoms with E-state index in [2.05, 4.69) is 11.3 Å². The van der Waals surface area contributed by atoms with Crippen LogP contribution in [-0.4, -0.2) is 31.6 Å². The number of carbonyl (C=O) groups excluding carboxylic acids is 1. The number of ether oxygens (including phenoxy) is 1. The van der Waals surface area contributed by atoms with E-state index in [0.29, 0.717) is 0 Å². The van der Waals surface area contributed by atoms with Crippen LogP contribution in [-0.2, 0) is 9.53 Å². The predicted octanol–water partition coefficient (Wildman–Crippen LogP) is 0.685. The molecule has 0 aliphatic carbocycles. The average molecular weight is 180 g/mol. The van der Waals surface area contributed by atoms with Gasteiger partial charge >= 0.3 is 5.97 Å². The first-order chi connectivity index (χ1) is 6.11. The number of nitrogens with zero attached hydrogens (tertiary/aromatic N) is 2. The van der Waals surface area contributed by atoms with Gasteiger partial charge in [0.25, 0.3) is 0 Å². The average Bonchev–Trinajstić information content (AvgIpc) is 2.09. The lowest BCUT2D eigenvalue weighted by Crippen LogP contribution is -2.11. The number of hydrogen-bond donors (Lipinski definition) is 0. The van der Waals surface area contributed by atoms with Crippen molar-refractivity contribution >= 4 is 5.97 Å². The summed E-state index contributed by atoms with van der Waals surface area (Å²) in [5.74, 6) is -0.629. The standard InChI is InChI=1S/C9H12N2O2/c1-4-5-13-9(12)8(6-10)7-11(2)3/h4,7H,1,5H2,2-3H3. The lowest BCUT2D eigenvalue weighted by molar-refractivity contribution is -0.137. The van der Waals surface area contributed by atoms with E-state index in [-0.39, 0.29) is 12.2 Å². The Morgan fingerprint density at radius 2 is 2.31 bits per heavy atom. The Hall–Kier alpha value is -1.76. The van der Waals surface area contributed by atoms with Crippen LogP contribution in [0.3, 0.4) is 0 Å². The number of hydrogen-bond acceptors (Lipinski definition) is 4. The normalized spacial score (nSPS) is 10.1. The molecule has 4 heteroatoms. The van der Waals surface area contributed by atoms with Gasteiger partial charge in [0.05, 0.1) is 0 Å². The van der Waals surface area contributed by atoms with Gasteiger partial charge in [-0.15, -0.1) is 0 Å². The van der Waals surface area contributed by atoms with E-state index in [1.807, 2.05) is 0 Å². The lowest BCUT2D eigenvalue weighted by Gasteiger charge is -2.05. The largest absolute Gasteiger partial charge is 0.457 e. The highest BCUT2D eigenvalue weighted by molar-refractivity contribution is 5.92. The molecule has 0 aromatic carbocycles. The second kappa shape index (κ2) is 5.84.